The minimum absolute atomic E-state index is 0.0290. The molecule has 0 aliphatic heterocycles. The lowest BCUT2D eigenvalue weighted by Gasteiger charge is -2.31. The van der Waals surface area contributed by atoms with Gasteiger partial charge in [0, 0.05) is 23.8 Å². The van der Waals surface area contributed by atoms with Crippen LogP contribution in [-0.2, 0) is 0 Å². The molecule has 0 saturated carbocycles. The molecule has 1 aromatic carbocycles. The largest absolute Gasteiger partial charge is 0.508 e. The van der Waals surface area contributed by atoms with E-state index in [0.717, 1.165) is 0 Å². The third-order valence-corrected chi connectivity index (χ3v) is 3.32. The molecule has 0 radical (unpaired) electrons. The van der Waals surface area contributed by atoms with Crippen LogP contribution < -0.4 is 5.32 Å². The number of carbonyl (C=O) groups excluding carboxylic acids is 1. The highest BCUT2D eigenvalue weighted by molar-refractivity contribution is 5.96. The molecule has 1 atom stereocenters. The molecule has 1 rings (SSSR count). The van der Waals surface area contributed by atoms with Gasteiger partial charge in [-0.15, -0.1) is 0 Å². The average Bonchev–Trinajstić information content (AvgIpc) is 2.30. The molecule has 0 saturated heterocycles. The predicted octanol–water partition coefficient (Wildman–Crippen LogP) is 2.23. The van der Waals surface area contributed by atoms with E-state index in [9.17, 15) is 9.90 Å². The Labute approximate surface area is 114 Å². The summed E-state index contributed by atoms with van der Waals surface area (Å²) in [7, 11) is 0. The number of carbonyl (C=O) groups is 1. The number of hydrogen-bond donors (Lipinski definition) is 3. The summed E-state index contributed by atoms with van der Waals surface area (Å²) in [5.41, 5.74) is 0.896. The Morgan fingerprint density at radius 2 is 2.00 bits per heavy atom. The highest BCUT2D eigenvalue weighted by atomic mass is 16.3. The van der Waals surface area contributed by atoms with Gasteiger partial charge in [0.15, 0.2) is 0 Å². The van der Waals surface area contributed by atoms with E-state index < -0.39 is 0 Å². The van der Waals surface area contributed by atoms with Gasteiger partial charge in [-0.05, 0) is 30.9 Å². The number of amides is 1. The summed E-state index contributed by atoms with van der Waals surface area (Å²) in [4.78, 5) is 12.2. The summed E-state index contributed by atoms with van der Waals surface area (Å²) < 4.78 is 0. The Morgan fingerprint density at radius 1 is 1.37 bits per heavy atom. The molecule has 0 heterocycles. The van der Waals surface area contributed by atoms with Gasteiger partial charge in [-0.2, -0.15) is 0 Å². The van der Waals surface area contributed by atoms with Crippen LogP contribution in [0.3, 0.4) is 0 Å². The van der Waals surface area contributed by atoms with Crippen LogP contribution in [0.2, 0.25) is 0 Å². The van der Waals surface area contributed by atoms with Crippen LogP contribution in [0.5, 0.6) is 5.75 Å². The molecule has 1 unspecified atom stereocenters. The normalized spacial score (nSPS) is 13.1. The standard InChI is InChI=1S/C15H23NO3/c1-10-11(6-5-7-12(10)18)14(19)16-13(8-9-17)15(2,3)4/h5-7,13,17-18H,8-9H2,1-4H3,(H,16,19). The summed E-state index contributed by atoms with van der Waals surface area (Å²) >= 11 is 0. The minimum Gasteiger partial charge on any atom is -0.508 e. The lowest BCUT2D eigenvalue weighted by molar-refractivity contribution is 0.0884. The minimum atomic E-state index is -0.221. The number of aromatic hydroxyl groups is 1. The fourth-order valence-corrected chi connectivity index (χ4v) is 1.96. The average molecular weight is 265 g/mol. The second-order valence-corrected chi connectivity index (χ2v) is 5.85. The highest BCUT2D eigenvalue weighted by Gasteiger charge is 2.26. The maximum atomic E-state index is 12.2. The quantitative estimate of drug-likeness (QED) is 0.782. The number of nitrogens with one attached hydrogen (secondary N) is 1. The number of phenols is 1. The Kier molecular flexibility index (Phi) is 4.95. The van der Waals surface area contributed by atoms with Gasteiger partial charge in [0.2, 0.25) is 0 Å². The molecule has 1 amide bonds. The van der Waals surface area contributed by atoms with Crippen molar-refractivity contribution in [3.63, 3.8) is 0 Å². The highest BCUT2D eigenvalue weighted by Crippen LogP contribution is 2.24. The molecule has 3 N–H and O–H groups in total. The first-order valence-electron chi connectivity index (χ1n) is 6.47. The number of hydrogen-bond acceptors (Lipinski definition) is 3. The lowest BCUT2D eigenvalue weighted by atomic mass is 9.84. The van der Waals surface area contributed by atoms with Crippen LogP contribution in [0.15, 0.2) is 18.2 Å². The van der Waals surface area contributed by atoms with E-state index in [0.29, 0.717) is 17.5 Å². The molecule has 0 aromatic heterocycles. The second-order valence-electron chi connectivity index (χ2n) is 5.85. The van der Waals surface area contributed by atoms with E-state index in [-0.39, 0.29) is 29.7 Å². The summed E-state index contributed by atoms with van der Waals surface area (Å²) in [6.07, 6.45) is 0.507. The van der Waals surface area contributed by atoms with Gasteiger partial charge in [-0.3, -0.25) is 4.79 Å². The monoisotopic (exact) mass is 265 g/mol. The van der Waals surface area contributed by atoms with E-state index in [1.54, 1.807) is 25.1 Å². The number of rotatable bonds is 4. The van der Waals surface area contributed by atoms with Gasteiger partial charge >= 0.3 is 0 Å². The van der Waals surface area contributed by atoms with Crippen molar-refractivity contribution in [2.24, 2.45) is 5.41 Å². The molecule has 0 bridgehead atoms. The molecule has 19 heavy (non-hydrogen) atoms. The van der Waals surface area contributed by atoms with Crippen LogP contribution in [0.1, 0.15) is 43.1 Å². The zero-order chi connectivity index (χ0) is 14.6. The second kappa shape index (κ2) is 6.06. The summed E-state index contributed by atoms with van der Waals surface area (Å²) in [5.74, 6) is -0.108. The van der Waals surface area contributed by atoms with Crippen molar-refractivity contribution in [2.45, 2.75) is 40.2 Å². The smallest absolute Gasteiger partial charge is 0.251 e. The Morgan fingerprint density at radius 3 is 2.53 bits per heavy atom. The van der Waals surface area contributed by atoms with Crippen LogP contribution in [0.4, 0.5) is 0 Å². The van der Waals surface area contributed by atoms with Crippen LogP contribution in [0, 0.1) is 12.3 Å². The van der Waals surface area contributed by atoms with E-state index >= 15 is 0 Å². The third-order valence-electron chi connectivity index (χ3n) is 3.32. The molecule has 1 aromatic rings. The zero-order valence-corrected chi connectivity index (χ0v) is 12.0. The molecule has 0 aliphatic rings. The van der Waals surface area contributed by atoms with Gasteiger partial charge in [0.1, 0.15) is 5.75 Å². The lowest BCUT2D eigenvalue weighted by Crippen LogP contribution is -2.44. The summed E-state index contributed by atoms with van der Waals surface area (Å²) in [6, 6.07) is 4.77. The van der Waals surface area contributed by atoms with Crippen LogP contribution >= 0.6 is 0 Å². The molecule has 0 spiro atoms. The Bertz CT molecular complexity index is 449. The number of phenolic OH excluding ortho intramolecular Hbond substituents is 1. The van der Waals surface area contributed by atoms with Gasteiger partial charge < -0.3 is 15.5 Å². The van der Waals surface area contributed by atoms with Crippen molar-refractivity contribution in [1.29, 1.82) is 0 Å². The van der Waals surface area contributed by atoms with Gasteiger partial charge in [-0.1, -0.05) is 26.8 Å². The summed E-state index contributed by atoms with van der Waals surface area (Å²) in [6.45, 7) is 7.79. The van der Waals surface area contributed by atoms with E-state index in [1.807, 2.05) is 20.8 Å². The topological polar surface area (TPSA) is 69.6 Å². The summed E-state index contributed by atoms with van der Waals surface area (Å²) in [5, 5.41) is 21.6. The first kappa shape index (κ1) is 15.5. The van der Waals surface area contributed by atoms with Gasteiger partial charge in [-0.25, -0.2) is 0 Å². The first-order valence-corrected chi connectivity index (χ1v) is 6.47. The van der Waals surface area contributed by atoms with Crippen LogP contribution in [0.25, 0.3) is 0 Å². The molecular weight excluding hydrogens is 242 g/mol. The fraction of sp³-hybridized carbons (Fsp3) is 0.533. The van der Waals surface area contributed by atoms with E-state index in [4.69, 9.17) is 5.11 Å². The molecule has 4 heteroatoms. The van der Waals surface area contributed by atoms with E-state index in [1.165, 1.54) is 0 Å². The number of aliphatic hydroxyl groups is 1. The fourth-order valence-electron chi connectivity index (χ4n) is 1.96. The molecule has 0 fully saturated rings. The van der Waals surface area contributed by atoms with Crippen molar-refractivity contribution in [1.82, 2.24) is 5.32 Å². The molecule has 4 nitrogen and oxygen atoms in total. The van der Waals surface area contributed by atoms with E-state index in [2.05, 4.69) is 5.32 Å². The van der Waals surface area contributed by atoms with Crippen LogP contribution in [-0.4, -0.2) is 28.8 Å². The molecule has 106 valence electrons. The number of benzene rings is 1. The Hall–Kier alpha value is -1.55. The van der Waals surface area contributed by atoms with Crippen molar-refractivity contribution in [3.05, 3.63) is 29.3 Å². The SMILES string of the molecule is Cc1c(O)cccc1C(=O)NC(CCO)C(C)(C)C. The number of aliphatic hydroxyl groups excluding tert-OH is 1. The Balaban J connectivity index is 2.91. The van der Waals surface area contributed by atoms with Crippen molar-refractivity contribution in [3.8, 4) is 5.75 Å². The maximum Gasteiger partial charge on any atom is 0.251 e. The molecular formula is C15H23NO3. The first-order chi connectivity index (χ1) is 8.77. The zero-order valence-electron chi connectivity index (χ0n) is 12.0. The van der Waals surface area contributed by atoms with Gasteiger partial charge in [0.25, 0.3) is 5.91 Å². The maximum absolute atomic E-state index is 12.2. The third kappa shape index (κ3) is 3.96. The molecule has 0 aliphatic carbocycles. The van der Waals surface area contributed by atoms with Gasteiger partial charge in [0.05, 0.1) is 0 Å². The van der Waals surface area contributed by atoms with Crippen molar-refractivity contribution in [2.75, 3.05) is 6.61 Å². The predicted molar refractivity (Wildman–Crippen MR) is 75.3 cm³/mol. The van der Waals surface area contributed by atoms with Crippen molar-refractivity contribution < 1.29 is 15.0 Å². The van der Waals surface area contributed by atoms with Crippen molar-refractivity contribution >= 4 is 5.91 Å².